The summed E-state index contributed by atoms with van der Waals surface area (Å²) in [4.78, 5) is 5.15. The summed E-state index contributed by atoms with van der Waals surface area (Å²) in [6.07, 6.45) is 2.16. The Labute approximate surface area is 332 Å². The molecule has 8 aromatic carbocycles. The van der Waals surface area contributed by atoms with Crippen molar-refractivity contribution in [2.24, 2.45) is 4.99 Å². The van der Waals surface area contributed by atoms with Crippen molar-refractivity contribution in [3.63, 3.8) is 0 Å². The van der Waals surface area contributed by atoms with Gasteiger partial charge in [0, 0.05) is 45.7 Å². The molecule has 10 rings (SSSR count). The highest BCUT2D eigenvalue weighted by molar-refractivity contribution is 6.14. The lowest BCUT2D eigenvalue weighted by atomic mass is 10.0. The van der Waals surface area contributed by atoms with Crippen molar-refractivity contribution < 1.29 is 0 Å². The minimum Gasteiger partial charge on any atom is -0.388 e. The average molecular weight is 733 g/mol. The fourth-order valence-electron chi connectivity index (χ4n) is 8.25. The van der Waals surface area contributed by atoms with E-state index in [0.29, 0.717) is 6.54 Å². The summed E-state index contributed by atoms with van der Waals surface area (Å²) in [6.45, 7) is 0.595. The van der Waals surface area contributed by atoms with Crippen LogP contribution in [0.25, 0.3) is 71.8 Å². The van der Waals surface area contributed by atoms with Crippen LogP contribution in [0.1, 0.15) is 16.7 Å². The van der Waals surface area contributed by atoms with Crippen LogP contribution >= 0.6 is 0 Å². The van der Waals surface area contributed by atoms with Gasteiger partial charge in [-0.25, -0.2) is 0 Å². The van der Waals surface area contributed by atoms with Gasteiger partial charge in [0.1, 0.15) is 0 Å². The maximum atomic E-state index is 5.15. The Hall–Kier alpha value is -7.43. The molecule has 0 atom stereocenters. The van der Waals surface area contributed by atoms with E-state index in [0.717, 1.165) is 28.2 Å². The molecule has 0 aliphatic carbocycles. The van der Waals surface area contributed by atoms with Crippen molar-refractivity contribution >= 4 is 55.0 Å². The zero-order valence-electron chi connectivity index (χ0n) is 31.7. The van der Waals surface area contributed by atoms with Crippen molar-refractivity contribution in [3.8, 4) is 22.5 Å². The monoisotopic (exact) mass is 732 g/mol. The first-order valence-corrected chi connectivity index (χ1v) is 19.5. The molecule has 57 heavy (non-hydrogen) atoms. The van der Waals surface area contributed by atoms with Crippen molar-refractivity contribution in [3.05, 3.63) is 223 Å². The smallest absolute Gasteiger partial charge is 0.0671 e. The van der Waals surface area contributed by atoms with Crippen LogP contribution in [-0.2, 0) is 6.54 Å². The molecule has 0 amide bonds. The number of nitrogens with zero attached hydrogens (tertiary/aromatic N) is 3. The van der Waals surface area contributed by atoms with E-state index >= 15 is 0 Å². The molecule has 1 N–H and O–H groups in total. The quantitative estimate of drug-likeness (QED) is 0.147. The lowest BCUT2D eigenvalue weighted by Crippen LogP contribution is -2.09. The van der Waals surface area contributed by atoms with Crippen molar-refractivity contribution in [2.45, 2.75) is 6.54 Å². The zero-order chi connectivity index (χ0) is 38.1. The first-order valence-electron chi connectivity index (χ1n) is 19.5. The minimum atomic E-state index is 0.595. The van der Waals surface area contributed by atoms with E-state index in [2.05, 4.69) is 209 Å². The Bertz CT molecular complexity index is 3100. The summed E-state index contributed by atoms with van der Waals surface area (Å²) in [5, 5.41) is 8.37. The fraction of sp³-hybridized carbons (Fsp3) is 0.0377. The summed E-state index contributed by atoms with van der Waals surface area (Å²) in [5.41, 5.74) is 14.7. The van der Waals surface area contributed by atoms with Crippen LogP contribution in [0.15, 0.2) is 211 Å². The molecule has 0 aliphatic heterocycles. The van der Waals surface area contributed by atoms with Gasteiger partial charge in [0.05, 0.1) is 34.3 Å². The summed E-state index contributed by atoms with van der Waals surface area (Å²) in [5.74, 6) is 0. The second kappa shape index (κ2) is 14.7. The summed E-state index contributed by atoms with van der Waals surface area (Å²) < 4.78 is 4.75. The van der Waals surface area contributed by atoms with Gasteiger partial charge in [0.15, 0.2) is 0 Å². The molecule has 0 fully saturated rings. The van der Waals surface area contributed by atoms with Crippen LogP contribution in [0.2, 0.25) is 0 Å². The molecule has 0 bridgehead atoms. The number of aliphatic imine (C=N–C) groups is 1. The van der Waals surface area contributed by atoms with Gasteiger partial charge in [0.2, 0.25) is 0 Å². The maximum Gasteiger partial charge on any atom is 0.0671 e. The zero-order valence-corrected chi connectivity index (χ0v) is 31.7. The third kappa shape index (κ3) is 6.27. The minimum absolute atomic E-state index is 0.595. The van der Waals surface area contributed by atoms with E-state index in [9.17, 15) is 0 Å². The Morgan fingerprint density at radius 1 is 0.456 bits per heavy atom. The Morgan fingerprint density at radius 2 is 0.930 bits per heavy atom. The summed E-state index contributed by atoms with van der Waals surface area (Å²) >= 11 is 0. The van der Waals surface area contributed by atoms with Crippen LogP contribution in [0.4, 0.5) is 0 Å². The van der Waals surface area contributed by atoms with E-state index in [1.54, 1.807) is 0 Å². The molecule has 0 spiro atoms. The van der Waals surface area contributed by atoms with Gasteiger partial charge >= 0.3 is 0 Å². The molecule has 4 heteroatoms. The predicted molar refractivity (Wildman–Crippen MR) is 241 cm³/mol. The van der Waals surface area contributed by atoms with Gasteiger partial charge in [0.25, 0.3) is 0 Å². The largest absolute Gasteiger partial charge is 0.388 e. The lowest BCUT2D eigenvalue weighted by Gasteiger charge is -2.12. The van der Waals surface area contributed by atoms with Crippen LogP contribution in [0.5, 0.6) is 0 Å². The molecule has 272 valence electrons. The average Bonchev–Trinajstić information content (AvgIpc) is 3.80. The van der Waals surface area contributed by atoms with Gasteiger partial charge in [-0.3, -0.25) is 4.99 Å². The number of para-hydroxylation sites is 3. The number of hydrogen-bond acceptors (Lipinski definition) is 2. The van der Waals surface area contributed by atoms with Crippen LogP contribution in [0.3, 0.4) is 0 Å². The molecule has 0 unspecified atom stereocenters. The molecule has 0 aliphatic rings. The highest BCUT2D eigenvalue weighted by Gasteiger charge is 2.16. The summed E-state index contributed by atoms with van der Waals surface area (Å²) in [7, 11) is 1.97. The first-order chi connectivity index (χ1) is 28.2. The van der Waals surface area contributed by atoms with Crippen LogP contribution < -0.4 is 5.32 Å². The van der Waals surface area contributed by atoms with Gasteiger partial charge < -0.3 is 14.5 Å². The molecular weight excluding hydrogens is 693 g/mol. The second-order valence-corrected chi connectivity index (χ2v) is 14.4. The number of benzene rings is 8. The molecule has 2 heterocycles. The van der Waals surface area contributed by atoms with E-state index in [1.807, 2.05) is 19.2 Å². The van der Waals surface area contributed by atoms with Gasteiger partial charge in [-0.1, -0.05) is 140 Å². The molecule has 0 saturated carbocycles. The van der Waals surface area contributed by atoms with Crippen molar-refractivity contribution in [1.29, 1.82) is 0 Å². The number of hydrogen-bond donors (Lipinski definition) is 1. The summed E-state index contributed by atoms with van der Waals surface area (Å²) in [6, 6.07) is 71.6. The van der Waals surface area contributed by atoms with E-state index < -0.39 is 0 Å². The van der Waals surface area contributed by atoms with Gasteiger partial charge in [-0.2, -0.15) is 0 Å². The Morgan fingerprint density at radius 3 is 1.49 bits per heavy atom. The van der Waals surface area contributed by atoms with Crippen molar-refractivity contribution in [1.82, 2.24) is 14.5 Å². The standard InChI is InChI=1S/C53H40N4/c1-54-48(38-17-7-3-8-18-38)35-49(55-36-37-15-5-2-6-16-37)39-25-29-43(30-26-39)57-51-24-14-12-22-45(51)47-34-41(28-32-53(47)57)40-27-31-52-46(33-40)44-21-11-13-23-50(44)56(52)42-19-9-4-10-20-42/h2-35,54H,36H2,1H3/b48-35-,55-49+. The molecule has 4 nitrogen and oxygen atoms in total. The topological polar surface area (TPSA) is 34.2 Å². The molecule has 0 saturated heterocycles. The van der Waals surface area contributed by atoms with Gasteiger partial charge in [-0.05, 0) is 94.6 Å². The Kier molecular flexibility index (Phi) is 8.77. The first kappa shape index (κ1) is 34.1. The fourth-order valence-corrected chi connectivity index (χ4v) is 8.25. The second-order valence-electron chi connectivity index (χ2n) is 14.4. The van der Waals surface area contributed by atoms with Crippen LogP contribution in [0, 0.1) is 0 Å². The maximum absolute atomic E-state index is 5.15. The van der Waals surface area contributed by atoms with E-state index in [-0.39, 0.29) is 0 Å². The number of rotatable bonds is 9. The lowest BCUT2D eigenvalue weighted by molar-refractivity contribution is 1.07. The molecular formula is C53H40N4. The number of aromatic nitrogens is 2. The number of nitrogens with one attached hydrogen (secondary N) is 1. The predicted octanol–water partition coefficient (Wildman–Crippen LogP) is 12.8. The van der Waals surface area contributed by atoms with E-state index in [1.165, 1.54) is 66.0 Å². The molecule has 0 radical (unpaired) electrons. The molecule has 2 aromatic heterocycles. The highest BCUT2D eigenvalue weighted by Crippen LogP contribution is 2.38. The SMILES string of the molecule is CN/C(=C\C(=N/Cc1ccccc1)c1ccc(-n2c3ccccc3c3cc(-c4ccc5c(c4)c4ccccc4n5-c4ccccc4)ccc32)cc1)c1ccccc1. The normalized spacial score (nSPS) is 12.2. The van der Waals surface area contributed by atoms with E-state index in [4.69, 9.17) is 4.99 Å². The number of allylic oxidation sites excluding steroid dienone is 1. The molecule has 10 aromatic rings. The van der Waals surface area contributed by atoms with Gasteiger partial charge in [-0.15, -0.1) is 0 Å². The van der Waals surface area contributed by atoms with Crippen LogP contribution in [-0.4, -0.2) is 21.9 Å². The third-order valence-corrected chi connectivity index (χ3v) is 11.0. The Balaban J connectivity index is 1.05. The number of fused-ring (bicyclic) bond motifs is 6. The third-order valence-electron chi connectivity index (χ3n) is 11.0. The van der Waals surface area contributed by atoms with Crippen molar-refractivity contribution in [2.75, 3.05) is 7.05 Å². The highest BCUT2D eigenvalue weighted by atomic mass is 15.0.